The highest BCUT2D eigenvalue weighted by Gasteiger charge is 2.23. The molecular formula is C20H21N5O2. The van der Waals surface area contributed by atoms with Crippen molar-refractivity contribution in [2.45, 2.75) is 27.3 Å². The molecule has 2 heterocycles. The first kappa shape index (κ1) is 18.4. The van der Waals surface area contributed by atoms with Crippen molar-refractivity contribution in [2.75, 3.05) is 12.3 Å². The fourth-order valence-electron chi connectivity index (χ4n) is 3.39. The van der Waals surface area contributed by atoms with Crippen LogP contribution in [0.25, 0.3) is 22.4 Å². The van der Waals surface area contributed by atoms with Gasteiger partial charge in [-0.25, -0.2) is 4.98 Å². The van der Waals surface area contributed by atoms with Crippen LogP contribution in [0, 0.1) is 32.1 Å². The molecule has 0 saturated heterocycles. The van der Waals surface area contributed by atoms with Crippen LogP contribution in [-0.2, 0) is 6.54 Å². The third kappa shape index (κ3) is 3.11. The molecule has 0 aliphatic carbocycles. The van der Waals surface area contributed by atoms with Crippen LogP contribution >= 0.6 is 0 Å². The fraction of sp³-hybridized carbons (Fsp3) is 0.250. The Labute approximate surface area is 157 Å². The molecule has 138 valence electrons. The zero-order chi connectivity index (χ0) is 19.7. The monoisotopic (exact) mass is 363 g/mol. The number of nitrogens with zero attached hydrogens (tertiary/aromatic N) is 4. The second-order valence-corrected chi connectivity index (χ2v) is 6.37. The molecule has 3 aromatic rings. The molecular weight excluding hydrogens is 342 g/mol. The molecule has 0 bridgehead atoms. The second kappa shape index (κ2) is 7.09. The molecule has 0 unspecified atom stereocenters. The molecule has 0 amide bonds. The number of anilines is 1. The first-order valence-electron chi connectivity index (χ1n) is 8.53. The van der Waals surface area contributed by atoms with Gasteiger partial charge in [0.15, 0.2) is 0 Å². The number of hydrogen-bond acceptors (Lipinski definition) is 6. The molecule has 27 heavy (non-hydrogen) atoms. The van der Waals surface area contributed by atoms with Gasteiger partial charge in [-0.1, -0.05) is 0 Å². The zero-order valence-electron chi connectivity index (χ0n) is 15.5. The number of aliphatic hydroxyl groups is 1. The van der Waals surface area contributed by atoms with Crippen molar-refractivity contribution >= 4 is 5.82 Å². The Morgan fingerprint density at radius 1 is 1.15 bits per heavy atom. The second-order valence-electron chi connectivity index (χ2n) is 6.37. The molecule has 7 nitrogen and oxygen atoms in total. The van der Waals surface area contributed by atoms with Crippen molar-refractivity contribution in [1.82, 2.24) is 14.8 Å². The Bertz CT molecular complexity index is 1050. The minimum absolute atomic E-state index is 0.0251. The van der Waals surface area contributed by atoms with Crippen molar-refractivity contribution in [3.05, 3.63) is 46.8 Å². The smallest absolute Gasteiger partial charge is 0.142 e. The number of phenolic OH excluding ortho intramolecular Hbond substituents is 1. The Morgan fingerprint density at radius 3 is 2.41 bits per heavy atom. The van der Waals surface area contributed by atoms with Crippen LogP contribution in [0.4, 0.5) is 5.82 Å². The Kier molecular flexibility index (Phi) is 4.84. The molecule has 0 saturated carbocycles. The maximum absolute atomic E-state index is 9.70. The number of rotatable bonds is 4. The number of hydrogen-bond donors (Lipinski definition) is 3. The predicted molar refractivity (Wildman–Crippen MR) is 103 cm³/mol. The number of nitrogen functional groups attached to an aromatic ring is 1. The van der Waals surface area contributed by atoms with Crippen LogP contribution in [0.15, 0.2) is 24.3 Å². The first-order chi connectivity index (χ1) is 12.9. The summed E-state index contributed by atoms with van der Waals surface area (Å²) in [7, 11) is 0. The Morgan fingerprint density at radius 2 is 1.81 bits per heavy atom. The molecule has 1 aromatic carbocycles. The summed E-state index contributed by atoms with van der Waals surface area (Å²) in [6, 6.07) is 8.86. The van der Waals surface area contributed by atoms with Crippen molar-refractivity contribution < 1.29 is 10.2 Å². The lowest BCUT2D eigenvalue weighted by molar-refractivity contribution is 0.268. The van der Waals surface area contributed by atoms with Gasteiger partial charge in [0, 0.05) is 22.4 Å². The van der Waals surface area contributed by atoms with Crippen molar-refractivity contribution in [3.8, 4) is 34.2 Å². The maximum Gasteiger partial charge on any atom is 0.142 e. The van der Waals surface area contributed by atoms with Gasteiger partial charge < -0.3 is 15.9 Å². The molecule has 4 N–H and O–H groups in total. The van der Waals surface area contributed by atoms with E-state index in [1.54, 1.807) is 28.9 Å². The average molecular weight is 363 g/mol. The molecule has 0 atom stereocenters. The van der Waals surface area contributed by atoms with Crippen molar-refractivity contribution in [1.29, 1.82) is 5.26 Å². The highest BCUT2D eigenvalue weighted by molar-refractivity contribution is 5.86. The van der Waals surface area contributed by atoms with Crippen LogP contribution in [0.2, 0.25) is 0 Å². The Hall–Kier alpha value is -3.37. The molecule has 0 spiro atoms. The standard InChI is InChI=1S/C20H21N5O2/c1-11-17(18-12(2)24-25(8-9-26)13(18)3)16(10-21)20(22)23-19(11)14-4-6-15(27)7-5-14/h4-7,26-27H,8-9H2,1-3H3,(H2,22,23). The summed E-state index contributed by atoms with van der Waals surface area (Å²) in [5, 5.41) is 33.0. The average Bonchev–Trinajstić information content (AvgIpc) is 2.91. The van der Waals surface area contributed by atoms with E-state index in [1.807, 2.05) is 20.8 Å². The van der Waals surface area contributed by atoms with E-state index in [2.05, 4.69) is 16.2 Å². The number of nitriles is 1. The maximum atomic E-state index is 9.70. The summed E-state index contributed by atoms with van der Waals surface area (Å²) in [5.74, 6) is 0.310. The molecule has 0 aliphatic rings. The quantitative estimate of drug-likeness (QED) is 0.655. The lowest BCUT2D eigenvalue weighted by atomic mass is 9.91. The van der Waals surface area contributed by atoms with Gasteiger partial charge in [-0.2, -0.15) is 10.4 Å². The van der Waals surface area contributed by atoms with Gasteiger partial charge in [0.05, 0.1) is 24.5 Å². The van der Waals surface area contributed by atoms with Gasteiger partial charge in [0.1, 0.15) is 23.2 Å². The largest absolute Gasteiger partial charge is 0.508 e. The lowest BCUT2D eigenvalue weighted by Gasteiger charge is -2.15. The fourth-order valence-corrected chi connectivity index (χ4v) is 3.39. The van der Waals surface area contributed by atoms with E-state index >= 15 is 0 Å². The van der Waals surface area contributed by atoms with Crippen LogP contribution in [0.5, 0.6) is 5.75 Å². The van der Waals surface area contributed by atoms with E-state index in [9.17, 15) is 15.5 Å². The predicted octanol–water partition coefficient (Wildman–Crippen LogP) is 2.69. The number of aliphatic hydroxyl groups excluding tert-OH is 1. The number of nitrogens with two attached hydrogens (primary N) is 1. The molecule has 3 rings (SSSR count). The summed E-state index contributed by atoms with van der Waals surface area (Å²) in [4.78, 5) is 4.44. The van der Waals surface area contributed by atoms with Gasteiger partial charge in [-0.3, -0.25) is 4.68 Å². The highest BCUT2D eigenvalue weighted by atomic mass is 16.3. The molecule has 0 radical (unpaired) electrons. The summed E-state index contributed by atoms with van der Waals surface area (Å²) in [6.07, 6.45) is 0. The summed E-state index contributed by atoms with van der Waals surface area (Å²) < 4.78 is 1.72. The lowest BCUT2D eigenvalue weighted by Crippen LogP contribution is -2.06. The summed E-state index contributed by atoms with van der Waals surface area (Å²) in [6.45, 7) is 6.02. The third-order valence-electron chi connectivity index (χ3n) is 4.66. The number of aromatic hydroxyl groups is 1. The summed E-state index contributed by atoms with van der Waals surface area (Å²) in [5.41, 5.74) is 11.8. The van der Waals surface area contributed by atoms with E-state index in [0.717, 1.165) is 28.1 Å². The van der Waals surface area contributed by atoms with E-state index in [0.29, 0.717) is 23.4 Å². The number of pyridine rings is 1. The third-order valence-corrected chi connectivity index (χ3v) is 4.66. The first-order valence-corrected chi connectivity index (χ1v) is 8.53. The van der Waals surface area contributed by atoms with E-state index < -0.39 is 0 Å². The minimum Gasteiger partial charge on any atom is -0.508 e. The van der Waals surface area contributed by atoms with Crippen LogP contribution in [-0.4, -0.2) is 31.6 Å². The minimum atomic E-state index is -0.0251. The number of phenols is 1. The van der Waals surface area contributed by atoms with Gasteiger partial charge >= 0.3 is 0 Å². The van der Waals surface area contributed by atoms with Gasteiger partial charge in [0.25, 0.3) is 0 Å². The topological polar surface area (TPSA) is 121 Å². The molecule has 0 aliphatic heterocycles. The van der Waals surface area contributed by atoms with E-state index in [4.69, 9.17) is 5.73 Å². The number of aryl methyl sites for hydroxylation is 1. The van der Waals surface area contributed by atoms with Crippen molar-refractivity contribution in [2.24, 2.45) is 0 Å². The van der Waals surface area contributed by atoms with Gasteiger partial charge in [0.2, 0.25) is 0 Å². The Balaban J connectivity index is 2.33. The van der Waals surface area contributed by atoms with Crippen LogP contribution < -0.4 is 5.73 Å². The summed E-state index contributed by atoms with van der Waals surface area (Å²) >= 11 is 0. The SMILES string of the molecule is Cc1nn(CCO)c(C)c1-c1c(C)c(-c2ccc(O)cc2)nc(N)c1C#N. The molecule has 2 aromatic heterocycles. The number of benzene rings is 1. The molecule has 7 heteroatoms. The number of aromatic nitrogens is 3. The highest BCUT2D eigenvalue weighted by Crippen LogP contribution is 2.38. The normalized spacial score (nSPS) is 10.8. The van der Waals surface area contributed by atoms with Gasteiger partial charge in [-0.05, 0) is 50.6 Å². The van der Waals surface area contributed by atoms with Crippen molar-refractivity contribution in [3.63, 3.8) is 0 Å². The van der Waals surface area contributed by atoms with Gasteiger partial charge in [-0.15, -0.1) is 0 Å². The van der Waals surface area contributed by atoms with Crippen LogP contribution in [0.3, 0.4) is 0 Å². The van der Waals surface area contributed by atoms with E-state index in [-0.39, 0.29) is 18.2 Å². The van der Waals surface area contributed by atoms with E-state index in [1.165, 1.54) is 0 Å². The van der Waals surface area contributed by atoms with Crippen LogP contribution in [0.1, 0.15) is 22.5 Å². The zero-order valence-corrected chi connectivity index (χ0v) is 15.5. The molecule has 0 fully saturated rings.